The molecular weight excluding hydrogens is 406 g/mol. The number of nitrogens with one attached hydrogen (secondary N) is 2. The number of piperidine rings is 1. The Morgan fingerprint density at radius 2 is 1.75 bits per heavy atom. The molecule has 1 aromatic rings. The van der Waals surface area contributed by atoms with E-state index in [2.05, 4.69) is 10.6 Å². The molecule has 0 atom stereocenters. The van der Waals surface area contributed by atoms with E-state index in [0.29, 0.717) is 31.0 Å². The smallest absolute Gasteiger partial charge is 0.408 e. The van der Waals surface area contributed by atoms with Gasteiger partial charge in [0.1, 0.15) is 12.1 Å². The van der Waals surface area contributed by atoms with Crippen molar-refractivity contribution in [1.82, 2.24) is 14.9 Å². The summed E-state index contributed by atoms with van der Waals surface area (Å²) in [4.78, 5) is 23.8. The van der Waals surface area contributed by atoms with E-state index in [1.54, 1.807) is 32.9 Å². The fourth-order valence-corrected chi connectivity index (χ4v) is 4.34. The van der Waals surface area contributed by atoms with Gasteiger partial charge in [-0.25, -0.2) is 13.2 Å². The highest BCUT2D eigenvalue weighted by Crippen LogP contribution is 2.22. The average Bonchev–Trinajstić information content (AvgIpc) is 2.59. The first-order chi connectivity index (χ1) is 13.0. The molecule has 8 nitrogen and oxygen atoms in total. The number of carbonyl (C=O) groups is 2. The van der Waals surface area contributed by atoms with Crippen LogP contribution < -0.4 is 10.6 Å². The topological polar surface area (TPSA) is 105 Å². The third-order valence-electron chi connectivity index (χ3n) is 4.06. The first-order valence-electron chi connectivity index (χ1n) is 8.99. The molecule has 2 amide bonds. The molecule has 1 heterocycles. The second-order valence-corrected chi connectivity index (χ2v) is 9.93. The highest BCUT2D eigenvalue weighted by Gasteiger charge is 2.30. The minimum absolute atomic E-state index is 0.149. The molecule has 10 heteroatoms. The van der Waals surface area contributed by atoms with Crippen molar-refractivity contribution in [2.24, 2.45) is 0 Å². The van der Waals surface area contributed by atoms with Crippen molar-refractivity contribution in [1.29, 1.82) is 0 Å². The van der Waals surface area contributed by atoms with Gasteiger partial charge in [-0.05, 0) is 57.9 Å². The predicted molar refractivity (Wildman–Crippen MR) is 106 cm³/mol. The van der Waals surface area contributed by atoms with Crippen LogP contribution in [0.25, 0.3) is 0 Å². The summed E-state index contributed by atoms with van der Waals surface area (Å²) in [6, 6.07) is 5.89. The minimum Gasteiger partial charge on any atom is -0.444 e. The van der Waals surface area contributed by atoms with Gasteiger partial charge in [0.05, 0.1) is 4.90 Å². The number of amides is 2. The standard InChI is InChI=1S/C18H26ClN3O5S/c1-18(2,3)27-17(24)20-12-16(23)21-14-8-10-22(11-9-14)28(25,26)15-6-4-13(19)5-7-15/h4-7,14H,8-12H2,1-3H3,(H,20,24)(H,21,23). The second-order valence-electron chi connectivity index (χ2n) is 7.56. The van der Waals surface area contributed by atoms with Crippen LogP contribution in [0.3, 0.4) is 0 Å². The van der Waals surface area contributed by atoms with Gasteiger partial charge < -0.3 is 15.4 Å². The molecule has 0 spiro atoms. The van der Waals surface area contributed by atoms with Gasteiger partial charge in [-0.1, -0.05) is 11.6 Å². The third-order valence-corrected chi connectivity index (χ3v) is 6.23. The summed E-state index contributed by atoms with van der Waals surface area (Å²) >= 11 is 5.81. The lowest BCUT2D eigenvalue weighted by Crippen LogP contribution is -2.48. The van der Waals surface area contributed by atoms with Crippen LogP contribution in [0.5, 0.6) is 0 Å². The minimum atomic E-state index is -3.58. The molecule has 28 heavy (non-hydrogen) atoms. The maximum atomic E-state index is 12.7. The lowest BCUT2D eigenvalue weighted by atomic mass is 10.1. The molecular formula is C18H26ClN3O5S. The first-order valence-corrected chi connectivity index (χ1v) is 10.8. The summed E-state index contributed by atoms with van der Waals surface area (Å²) in [6.45, 7) is 5.61. The van der Waals surface area contributed by atoms with Crippen LogP contribution in [0, 0.1) is 0 Å². The molecule has 0 aromatic heterocycles. The lowest BCUT2D eigenvalue weighted by Gasteiger charge is -2.31. The number of hydrogen-bond acceptors (Lipinski definition) is 5. The van der Waals surface area contributed by atoms with Gasteiger partial charge >= 0.3 is 6.09 Å². The van der Waals surface area contributed by atoms with E-state index < -0.39 is 21.7 Å². The molecule has 2 N–H and O–H groups in total. The maximum absolute atomic E-state index is 12.7. The molecule has 0 saturated carbocycles. The van der Waals surface area contributed by atoms with Crippen LogP contribution in [-0.2, 0) is 19.6 Å². The van der Waals surface area contributed by atoms with Gasteiger partial charge in [-0.15, -0.1) is 0 Å². The van der Waals surface area contributed by atoms with Crippen LogP contribution in [0.2, 0.25) is 5.02 Å². The fraction of sp³-hybridized carbons (Fsp3) is 0.556. The van der Waals surface area contributed by atoms with Gasteiger partial charge in [0.25, 0.3) is 0 Å². The molecule has 0 bridgehead atoms. The summed E-state index contributed by atoms with van der Waals surface area (Å²) < 4.78 is 31.8. The van der Waals surface area contributed by atoms with Crippen molar-refractivity contribution in [3.8, 4) is 0 Å². The Hall–Kier alpha value is -1.84. The highest BCUT2D eigenvalue weighted by molar-refractivity contribution is 7.89. The van der Waals surface area contributed by atoms with Crippen LogP contribution in [0.15, 0.2) is 29.2 Å². The van der Waals surface area contributed by atoms with Gasteiger partial charge in [0, 0.05) is 24.2 Å². The van der Waals surface area contributed by atoms with E-state index in [4.69, 9.17) is 16.3 Å². The molecule has 1 fully saturated rings. The quantitative estimate of drug-likeness (QED) is 0.743. The zero-order valence-corrected chi connectivity index (χ0v) is 17.8. The van der Waals surface area contributed by atoms with Crippen molar-refractivity contribution in [3.05, 3.63) is 29.3 Å². The molecule has 0 unspecified atom stereocenters. The summed E-state index contributed by atoms with van der Waals surface area (Å²) in [7, 11) is -3.58. The molecule has 1 aromatic carbocycles. The number of nitrogens with zero attached hydrogens (tertiary/aromatic N) is 1. The van der Waals surface area contributed by atoms with Crippen molar-refractivity contribution in [2.45, 2.75) is 50.2 Å². The fourth-order valence-electron chi connectivity index (χ4n) is 2.74. The number of ether oxygens (including phenoxy) is 1. The monoisotopic (exact) mass is 431 g/mol. The highest BCUT2D eigenvalue weighted by atomic mass is 35.5. The van der Waals surface area contributed by atoms with Gasteiger partial charge in [-0.3, -0.25) is 4.79 Å². The average molecular weight is 432 g/mol. The SMILES string of the molecule is CC(C)(C)OC(=O)NCC(=O)NC1CCN(S(=O)(=O)c2ccc(Cl)cc2)CC1. The molecule has 1 aliphatic heterocycles. The Morgan fingerprint density at radius 3 is 2.29 bits per heavy atom. The van der Waals surface area contributed by atoms with Crippen molar-refractivity contribution >= 4 is 33.6 Å². The molecule has 1 saturated heterocycles. The normalized spacial score (nSPS) is 16.4. The zero-order valence-electron chi connectivity index (χ0n) is 16.2. The van der Waals surface area contributed by atoms with Gasteiger partial charge in [0.2, 0.25) is 15.9 Å². The Labute approximate surface area is 170 Å². The summed E-state index contributed by atoms with van der Waals surface area (Å²) in [5.41, 5.74) is -0.636. The molecule has 156 valence electrons. The number of halogens is 1. The number of sulfonamides is 1. The summed E-state index contributed by atoms with van der Waals surface area (Å²) in [5, 5.41) is 5.68. The van der Waals surface area contributed by atoms with E-state index in [-0.39, 0.29) is 23.4 Å². The molecule has 0 radical (unpaired) electrons. The zero-order chi connectivity index (χ0) is 20.9. The van der Waals surface area contributed by atoms with E-state index in [1.165, 1.54) is 16.4 Å². The Balaban J connectivity index is 1.79. The maximum Gasteiger partial charge on any atom is 0.408 e. The van der Waals surface area contributed by atoms with Crippen LogP contribution in [0.4, 0.5) is 4.79 Å². The van der Waals surface area contributed by atoms with Crippen molar-refractivity contribution in [2.75, 3.05) is 19.6 Å². The predicted octanol–water partition coefficient (Wildman–Crippen LogP) is 2.13. The number of rotatable bonds is 5. The first kappa shape index (κ1) is 22.4. The second kappa shape index (κ2) is 9.11. The Bertz CT molecular complexity index is 798. The number of carbonyl (C=O) groups excluding carboxylic acids is 2. The van der Waals surface area contributed by atoms with Crippen molar-refractivity contribution < 1.29 is 22.7 Å². The van der Waals surface area contributed by atoms with Gasteiger partial charge in [0.15, 0.2) is 0 Å². The van der Waals surface area contributed by atoms with E-state index in [0.717, 1.165) is 0 Å². The number of hydrogen-bond donors (Lipinski definition) is 2. The van der Waals surface area contributed by atoms with E-state index in [9.17, 15) is 18.0 Å². The van der Waals surface area contributed by atoms with Crippen LogP contribution in [-0.4, -0.2) is 56.0 Å². The number of alkyl carbamates (subject to hydrolysis) is 1. The molecule has 0 aliphatic carbocycles. The van der Waals surface area contributed by atoms with Gasteiger partial charge in [-0.2, -0.15) is 4.31 Å². The van der Waals surface area contributed by atoms with Crippen LogP contribution in [0.1, 0.15) is 33.6 Å². The summed E-state index contributed by atoms with van der Waals surface area (Å²) in [5.74, 6) is -0.343. The van der Waals surface area contributed by atoms with E-state index >= 15 is 0 Å². The Morgan fingerprint density at radius 1 is 1.18 bits per heavy atom. The third kappa shape index (κ3) is 6.65. The molecule has 1 aliphatic rings. The largest absolute Gasteiger partial charge is 0.444 e. The lowest BCUT2D eigenvalue weighted by molar-refractivity contribution is -0.121. The van der Waals surface area contributed by atoms with E-state index in [1.807, 2.05) is 0 Å². The Kier molecular flexibility index (Phi) is 7.30. The number of benzene rings is 1. The summed E-state index contributed by atoms with van der Waals surface area (Å²) in [6.07, 6.45) is 0.322. The van der Waals surface area contributed by atoms with Crippen LogP contribution >= 0.6 is 11.6 Å². The van der Waals surface area contributed by atoms with Crippen molar-refractivity contribution in [3.63, 3.8) is 0 Å². The molecule has 2 rings (SSSR count).